The molecule has 2 rings (SSSR count). The fourth-order valence-electron chi connectivity index (χ4n) is 3.50. The zero-order valence-electron chi connectivity index (χ0n) is 20.3. The molecule has 196 valence electrons. The van der Waals surface area contributed by atoms with Gasteiger partial charge < -0.3 is 31.8 Å². The number of amides is 3. The number of carboxylic acids is 1. The van der Waals surface area contributed by atoms with Gasteiger partial charge in [-0.25, -0.2) is 9.78 Å². The number of thiol groups is 1. The summed E-state index contributed by atoms with van der Waals surface area (Å²) in [5.41, 5.74) is 7.56. The molecule has 0 spiro atoms. The average molecular weight is 519 g/mol. The van der Waals surface area contributed by atoms with Gasteiger partial charge in [0.15, 0.2) is 0 Å². The van der Waals surface area contributed by atoms with Crippen LogP contribution in [0, 0.1) is 5.92 Å². The summed E-state index contributed by atoms with van der Waals surface area (Å²) in [6, 6.07) is 5.08. The fourth-order valence-corrected chi connectivity index (χ4v) is 3.75. The van der Waals surface area contributed by atoms with Crippen LogP contribution in [0.5, 0.6) is 0 Å². The molecule has 0 fully saturated rings. The van der Waals surface area contributed by atoms with Crippen molar-refractivity contribution in [2.45, 2.75) is 57.3 Å². The first-order valence-electron chi connectivity index (χ1n) is 11.6. The second-order valence-corrected chi connectivity index (χ2v) is 9.28. The van der Waals surface area contributed by atoms with Crippen LogP contribution >= 0.6 is 12.6 Å². The van der Waals surface area contributed by atoms with E-state index in [-0.39, 0.29) is 30.9 Å². The van der Waals surface area contributed by atoms with Crippen molar-refractivity contribution in [1.29, 1.82) is 0 Å². The molecule has 3 amide bonds. The maximum atomic E-state index is 13.3. The Morgan fingerprint density at radius 2 is 1.58 bits per heavy atom. The van der Waals surface area contributed by atoms with E-state index in [0.29, 0.717) is 5.69 Å². The molecular weight excluding hydrogens is 484 g/mol. The summed E-state index contributed by atoms with van der Waals surface area (Å²) in [6.07, 6.45) is 3.60. The molecule has 4 unspecified atom stereocenters. The van der Waals surface area contributed by atoms with Gasteiger partial charge in [-0.05, 0) is 24.3 Å². The predicted octanol–water partition coefficient (Wildman–Crippen LogP) is 0.0371. The summed E-state index contributed by atoms with van der Waals surface area (Å²) in [4.78, 5) is 57.1. The number of benzene rings is 1. The monoisotopic (exact) mass is 518 g/mol. The van der Waals surface area contributed by atoms with Crippen LogP contribution in [0.1, 0.15) is 31.5 Å². The van der Waals surface area contributed by atoms with Crippen LogP contribution in [0.4, 0.5) is 0 Å². The minimum atomic E-state index is -1.23. The normalized spacial score (nSPS) is 14.4. The first-order valence-corrected chi connectivity index (χ1v) is 12.3. The maximum Gasteiger partial charge on any atom is 0.327 e. The largest absolute Gasteiger partial charge is 0.480 e. The summed E-state index contributed by atoms with van der Waals surface area (Å²) in [5, 5.41) is 17.0. The fraction of sp³-hybridized carbons (Fsp3) is 0.458. The lowest BCUT2D eigenvalue weighted by atomic mass is 10.0. The van der Waals surface area contributed by atoms with Crippen molar-refractivity contribution in [2.24, 2.45) is 11.7 Å². The van der Waals surface area contributed by atoms with Gasteiger partial charge in [-0.3, -0.25) is 14.4 Å². The van der Waals surface area contributed by atoms with Gasteiger partial charge in [0.25, 0.3) is 0 Å². The van der Waals surface area contributed by atoms with E-state index in [4.69, 9.17) is 5.73 Å². The van der Waals surface area contributed by atoms with Gasteiger partial charge in [0, 0.05) is 24.1 Å². The van der Waals surface area contributed by atoms with Crippen molar-refractivity contribution in [2.75, 3.05) is 5.75 Å². The number of aliphatic carboxylic acids is 1. The molecule has 36 heavy (non-hydrogen) atoms. The molecule has 4 atom stereocenters. The van der Waals surface area contributed by atoms with E-state index >= 15 is 0 Å². The lowest BCUT2D eigenvalue weighted by Crippen LogP contribution is -2.58. The third-order valence-corrected chi connectivity index (χ3v) is 5.75. The molecule has 0 aliphatic carbocycles. The first kappa shape index (κ1) is 28.9. The van der Waals surface area contributed by atoms with Crippen molar-refractivity contribution in [3.05, 3.63) is 54.1 Å². The number of carbonyl (C=O) groups excluding carboxylic acids is 3. The molecular formula is C24H34N6O5S. The highest BCUT2D eigenvalue weighted by Gasteiger charge is 2.30. The summed E-state index contributed by atoms with van der Waals surface area (Å²) < 4.78 is 0. The van der Waals surface area contributed by atoms with E-state index in [9.17, 15) is 24.3 Å². The molecule has 0 radical (unpaired) electrons. The van der Waals surface area contributed by atoms with Crippen LogP contribution in [0.25, 0.3) is 0 Å². The summed E-state index contributed by atoms with van der Waals surface area (Å²) in [7, 11) is 0. The van der Waals surface area contributed by atoms with E-state index in [1.165, 1.54) is 12.5 Å². The molecule has 0 saturated heterocycles. The van der Waals surface area contributed by atoms with E-state index in [1.54, 1.807) is 0 Å². The maximum absolute atomic E-state index is 13.3. The Balaban J connectivity index is 2.15. The Labute approximate surface area is 215 Å². The minimum absolute atomic E-state index is 0.0141. The number of aromatic nitrogens is 2. The van der Waals surface area contributed by atoms with Gasteiger partial charge in [-0.2, -0.15) is 12.6 Å². The van der Waals surface area contributed by atoms with Crippen LogP contribution in [0.2, 0.25) is 0 Å². The second-order valence-electron chi connectivity index (χ2n) is 8.91. The van der Waals surface area contributed by atoms with Gasteiger partial charge in [0.2, 0.25) is 17.7 Å². The second kappa shape index (κ2) is 14.2. The Morgan fingerprint density at radius 3 is 2.14 bits per heavy atom. The lowest BCUT2D eigenvalue weighted by Gasteiger charge is -2.25. The quantitative estimate of drug-likeness (QED) is 0.172. The number of rotatable bonds is 14. The molecule has 0 aliphatic rings. The van der Waals surface area contributed by atoms with Crippen LogP contribution in [0.15, 0.2) is 42.9 Å². The van der Waals surface area contributed by atoms with Crippen LogP contribution in [-0.4, -0.2) is 68.7 Å². The molecule has 12 heteroatoms. The van der Waals surface area contributed by atoms with Crippen LogP contribution in [0.3, 0.4) is 0 Å². The molecule has 1 heterocycles. The van der Waals surface area contributed by atoms with Crippen molar-refractivity contribution in [1.82, 2.24) is 25.9 Å². The lowest BCUT2D eigenvalue weighted by molar-refractivity contribution is -0.141. The molecule has 2 aromatic rings. The highest BCUT2D eigenvalue weighted by Crippen LogP contribution is 2.08. The van der Waals surface area contributed by atoms with E-state index in [1.807, 2.05) is 44.2 Å². The van der Waals surface area contributed by atoms with Crippen molar-refractivity contribution >= 4 is 36.3 Å². The highest BCUT2D eigenvalue weighted by molar-refractivity contribution is 7.80. The van der Waals surface area contributed by atoms with Crippen LogP contribution < -0.4 is 21.7 Å². The first-order chi connectivity index (χ1) is 17.1. The smallest absolute Gasteiger partial charge is 0.327 e. The Bertz CT molecular complexity index is 1000. The Morgan fingerprint density at radius 1 is 0.972 bits per heavy atom. The summed E-state index contributed by atoms with van der Waals surface area (Å²) in [6.45, 7) is 3.73. The number of nitrogens with two attached hydrogens (primary N) is 1. The number of aromatic amines is 1. The number of nitrogens with zero attached hydrogens (tertiary/aromatic N) is 1. The number of nitrogens with one attached hydrogen (secondary N) is 4. The van der Waals surface area contributed by atoms with Gasteiger partial charge in [0.05, 0.1) is 12.4 Å². The number of carboxylic acid groups (broad SMARTS) is 1. The molecule has 11 nitrogen and oxygen atoms in total. The average Bonchev–Trinajstić information content (AvgIpc) is 3.34. The van der Waals surface area contributed by atoms with E-state index in [2.05, 4.69) is 38.5 Å². The van der Waals surface area contributed by atoms with Gasteiger partial charge in [0.1, 0.15) is 18.1 Å². The Kier molecular flexibility index (Phi) is 11.4. The molecule has 0 bridgehead atoms. The predicted molar refractivity (Wildman–Crippen MR) is 137 cm³/mol. The zero-order valence-corrected chi connectivity index (χ0v) is 21.2. The summed E-state index contributed by atoms with van der Waals surface area (Å²) in [5.74, 6) is -3.11. The molecule has 0 aliphatic heterocycles. The van der Waals surface area contributed by atoms with Crippen molar-refractivity contribution in [3.8, 4) is 0 Å². The van der Waals surface area contributed by atoms with Crippen molar-refractivity contribution < 1.29 is 24.3 Å². The molecule has 1 aromatic carbocycles. The summed E-state index contributed by atoms with van der Waals surface area (Å²) >= 11 is 3.96. The van der Waals surface area contributed by atoms with E-state index < -0.39 is 47.9 Å². The molecule has 1 aromatic heterocycles. The topological polar surface area (TPSA) is 179 Å². The number of H-pyrrole nitrogens is 1. The number of carbonyl (C=O) groups is 4. The number of imidazole rings is 1. The third kappa shape index (κ3) is 9.34. The number of hydrogen-bond donors (Lipinski definition) is 7. The Hall–Kier alpha value is -3.38. The van der Waals surface area contributed by atoms with E-state index in [0.717, 1.165) is 5.56 Å². The van der Waals surface area contributed by atoms with Gasteiger partial charge in [-0.1, -0.05) is 44.2 Å². The molecule has 0 saturated carbocycles. The van der Waals surface area contributed by atoms with Gasteiger partial charge in [-0.15, -0.1) is 0 Å². The number of hydrogen-bond acceptors (Lipinski definition) is 7. The highest BCUT2D eigenvalue weighted by atomic mass is 32.1. The SMILES string of the molecule is CC(C)CC(NC(=O)C(Cc1cnc[nH]1)NC(=O)C(N)Cc1ccccc1)C(=O)NC(CS)C(=O)O. The minimum Gasteiger partial charge on any atom is -0.480 e. The van der Waals surface area contributed by atoms with Crippen molar-refractivity contribution in [3.63, 3.8) is 0 Å². The standard InChI is InChI=1S/C24H34N6O5S/c1-14(2)8-18(22(32)30-20(12-36)24(34)35)29-23(33)19(10-16-11-26-13-27-16)28-21(31)17(25)9-15-6-4-3-5-7-15/h3-7,11,13-14,17-20,36H,8-10,12,25H2,1-2H3,(H,26,27)(H,28,31)(H,29,33)(H,30,32)(H,34,35). The van der Waals surface area contributed by atoms with Crippen LogP contribution in [-0.2, 0) is 32.0 Å². The zero-order chi connectivity index (χ0) is 26.7. The molecule has 7 N–H and O–H groups in total. The third-order valence-electron chi connectivity index (χ3n) is 5.38. The van der Waals surface area contributed by atoms with Gasteiger partial charge >= 0.3 is 5.97 Å².